The smallest absolute Gasteiger partial charge is 0.406 e. The molecule has 0 spiro atoms. The molecule has 0 unspecified atom stereocenters. The molecule has 8 heteroatoms. The van der Waals surface area contributed by atoms with E-state index in [2.05, 4.69) is 21.5 Å². The standard InChI is InChI=1S/C16H15F3N2O2S/c17-16(18,19)23-13-3-1-12(2-4-13)20-15(22)10-21-7-5-14-11(9-21)6-8-24-14/h1-4,6,8H,5,7,9-10H2,(H,20,22). The maximum absolute atomic E-state index is 12.1. The number of nitrogens with zero attached hydrogens (tertiary/aromatic N) is 1. The normalized spacial score (nSPS) is 15.0. The molecule has 4 nitrogen and oxygen atoms in total. The first-order chi connectivity index (χ1) is 11.4. The van der Waals surface area contributed by atoms with Crippen molar-refractivity contribution in [2.75, 3.05) is 18.4 Å². The van der Waals surface area contributed by atoms with Crippen molar-refractivity contribution in [1.29, 1.82) is 0 Å². The number of nitrogens with one attached hydrogen (secondary N) is 1. The molecular formula is C16H15F3N2O2S. The first-order valence-corrected chi connectivity index (χ1v) is 8.20. The molecule has 0 saturated heterocycles. The van der Waals surface area contributed by atoms with Crippen LogP contribution in [0.25, 0.3) is 0 Å². The number of hydrogen-bond acceptors (Lipinski definition) is 4. The minimum Gasteiger partial charge on any atom is -0.406 e. The molecule has 1 N–H and O–H groups in total. The average molecular weight is 356 g/mol. The molecule has 128 valence electrons. The highest BCUT2D eigenvalue weighted by atomic mass is 32.1. The van der Waals surface area contributed by atoms with Crippen LogP contribution in [0, 0.1) is 0 Å². The topological polar surface area (TPSA) is 41.6 Å². The third-order valence-corrected chi connectivity index (χ3v) is 4.65. The van der Waals surface area contributed by atoms with Gasteiger partial charge in [0, 0.05) is 23.7 Å². The molecule has 1 aromatic heterocycles. The second kappa shape index (κ2) is 6.82. The number of halogens is 3. The summed E-state index contributed by atoms with van der Waals surface area (Å²) in [7, 11) is 0. The summed E-state index contributed by atoms with van der Waals surface area (Å²) in [5, 5.41) is 4.74. The number of anilines is 1. The molecule has 2 heterocycles. The van der Waals surface area contributed by atoms with Crippen LogP contribution in [0.15, 0.2) is 35.7 Å². The zero-order chi connectivity index (χ0) is 17.2. The summed E-state index contributed by atoms with van der Waals surface area (Å²) in [5.41, 5.74) is 1.69. The molecule has 0 saturated carbocycles. The van der Waals surface area contributed by atoms with Gasteiger partial charge in [0.25, 0.3) is 0 Å². The third-order valence-electron chi connectivity index (χ3n) is 3.63. The molecule has 0 fully saturated rings. The van der Waals surface area contributed by atoms with Crippen LogP contribution in [0.3, 0.4) is 0 Å². The van der Waals surface area contributed by atoms with E-state index in [1.807, 2.05) is 4.90 Å². The van der Waals surface area contributed by atoms with E-state index in [9.17, 15) is 18.0 Å². The predicted molar refractivity (Wildman–Crippen MR) is 85.1 cm³/mol. The number of thiophene rings is 1. The fourth-order valence-corrected chi connectivity index (χ4v) is 3.48. The van der Waals surface area contributed by atoms with Gasteiger partial charge in [-0.3, -0.25) is 9.69 Å². The highest BCUT2D eigenvalue weighted by Gasteiger charge is 2.31. The summed E-state index contributed by atoms with van der Waals surface area (Å²) in [6.45, 7) is 1.81. The summed E-state index contributed by atoms with van der Waals surface area (Å²) < 4.78 is 40.1. The second-order valence-corrected chi connectivity index (χ2v) is 6.45. The number of rotatable bonds is 4. The summed E-state index contributed by atoms with van der Waals surface area (Å²) >= 11 is 1.73. The largest absolute Gasteiger partial charge is 0.573 e. The molecule has 0 radical (unpaired) electrons. The molecule has 1 aliphatic rings. The van der Waals surface area contributed by atoms with Crippen LogP contribution < -0.4 is 10.1 Å². The highest BCUT2D eigenvalue weighted by molar-refractivity contribution is 7.10. The molecule has 1 amide bonds. The van der Waals surface area contributed by atoms with Gasteiger partial charge in [0.15, 0.2) is 0 Å². The molecule has 3 rings (SSSR count). The van der Waals surface area contributed by atoms with Crippen molar-refractivity contribution in [2.45, 2.75) is 19.3 Å². The van der Waals surface area contributed by atoms with Gasteiger partial charge >= 0.3 is 6.36 Å². The number of fused-ring (bicyclic) bond motifs is 1. The maximum atomic E-state index is 12.1. The van der Waals surface area contributed by atoms with E-state index < -0.39 is 6.36 Å². The zero-order valence-corrected chi connectivity index (χ0v) is 13.4. The predicted octanol–water partition coefficient (Wildman–Crippen LogP) is 3.64. The summed E-state index contributed by atoms with van der Waals surface area (Å²) in [4.78, 5) is 15.5. The lowest BCUT2D eigenvalue weighted by Crippen LogP contribution is -2.36. The van der Waals surface area contributed by atoms with Crippen LogP contribution in [-0.2, 0) is 17.8 Å². The van der Waals surface area contributed by atoms with E-state index in [1.54, 1.807) is 11.3 Å². The Morgan fingerprint density at radius 1 is 1.25 bits per heavy atom. The van der Waals surface area contributed by atoms with Crippen LogP contribution in [0.5, 0.6) is 5.75 Å². The van der Waals surface area contributed by atoms with Crippen molar-refractivity contribution in [2.24, 2.45) is 0 Å². The third kappa shape index (κ3) is 4.48. The Hall–Kier alpha value is -2.06. The SMILES string of the molecule is O=C(CN1CCc2sccc2C1)Nc1ccc(OC(F)(F)F)cc1. The van der Waals surface area contributed by atoms with Crippen LogP contribution in [0.4, 0.5) is 18.9 Å². The van der Waals surface area contributed by atoms with Crippen LogP contribution in [0.1, 0.15) is 10.4 Å². The van der Waals surface area contributed by atoms with Gasteiger partial charge in [0.2, 0.25) is 5.91 Å². The van der Waals surface area contributed by atoms with Crippen molar-refractivity contribution in [3.05, 3.63) is 46.2 Å². The van der Waals surface area contributed by atoms with Crippen molar-refractivity contribution < 1.29 is 22.7 Å². The summed E-state index contributed by atoms with van der Waals surface area (Å²) in [6, 6.07) is 7.17. The van der Waals surface area contributed by atoms with Gasteiger partial charge in [-0.1, -0.05) is 0 Å². The summed E-state index contributed by atoms with van der Waals surface area (Å²) in [6.07, 6.45) is -3.79. The fraction of sp³-hybridized carbons (Fsp3) is 0.312. The Labute approximate surface area is 140 Å². The zero-order valence-electron chi connectivity index (χ0n) is 12.6. The van der Waals surface area contributed by atoms with E-state index in [4.69, 9.17) is 0 Å². The van der Waals surface area contributed by atoms with Gasteiger partial charge in [-0.05, 0) is 47.7 Å². The Kier molecular flexibility index (Phi) is 4.77. The lowest BCUT2D eigenvalue weighted by atomic mass is 10.1. The van der Waals surface area contributed by atoms with E-state index in [1.165, 1.54) is 34.7 Å². The van der Waals surface area contributed by atoms with Gasteiger partial charge < -0.3 is 10.1 Å². The maximum Gasteiger partial charge on any atom is 0.573 e. The first-order valence-electron chi connectivity index (χ1n) is 7.32. The molecular weight excluding hydrogens is 341 g/mol. The molecule has 1 aliphatic heterocycles. The lowest BCUT2D eigenvalue weighted by Gasteiger charge is -2.26. The Morgan fingerprint density at radius 2 is 2.00 bits per heavy atom. The molecule has 2 aromatic rings. The van der Waals surface area contributed by atoms with Gasteiger partial charge in [0.1, 0.15) is 5.75 Å². The number of alkyl halides is 3. The Morgan fingerprint density at radius 3 is 2.71 bits per heavy atom. The Balaban J connectivity index is 1.52. The highest BCUT2D eigenvalue weighted by Crippen LogP contribution is 2.25. The van der Waals surface area contributed by atoms with Gasteiger partial charge in [-0.2, -0.15) is 0 Å². The van der Waals surface area contributed by atoms with Crippen molar-refractivity contribution in [3.8, 4) is 5.75 Å². The van der Waals surface area contributed by atoms with Crippen molar-refractivity contribution >= 4 is 22.9 Å². The van der Waals surface area contributed by atoms with Crippen molar-refractivity contribution in [3.63, 3.8) is 0 Å². The molecule has 1 aromatic carbocycles. The fourth-order valence-electron chi connectivity index (χ4n) is 2.59. The number of hydrogen-bond donors (Lipinski definition) is 1. The first kappa shape index (κ1) is 16.8. The number of ether oxygens (including phenoxy) is 1. The van der Waals surface area contributed by atoms with Crippen LogP contribution in [-0.4, -0.2) is 30.3 Å². The molecule has 0 aliphatic carbocycles. The minimum atomic E-state index is -4.72. The number of carbonyl (C=O) groups is 1. The monoisotopic (exact) mass is 356 g/mol. The molecule has 0 atom stereocenters. The number of benzene rings is 1. The quantitative estimate of drug-likeness (QED) is 0.909. The lowest BCUT2D eigenvalue weighted by molar-refractivity contribution is -0.274. The Bertz CT molecular complexity index is 713. The molecule has 0 bridgehead atoms. The van der Waals surface area contributed by atoms with E-state index in [0.717, 1.165) is 19.5 Å². The summed E-state index contributed by atoms with van der Waals surface area (Å²) in [5.74, 6) is -0.514. The van der Waals surface area contributed by atoms with Crippen LogP contribution >= 0.6 is 11.3 Å². The second-order valence-electron chi connectivity index (χ2n) is 5.45. The van der Waals surface area contributed by atoms with Crippen molar-refractivity contribution in [1.82, 2.24) is 4.90 Å². The average Bonchev–Trinajstić information content (AvgIpc) is 2.95. The van der Waals surface area contributed by atoms with Gasteiger partial charge in [0.05, 0.1) is 6.54 Å². The van der Waals surface area contributed by atoms with Crippen LogP contribution in [0.2, 0.25) is 0 Å². The van der Waals surface area contributed by atoms with Gasteiger partial charge in [-0.15, -0.1) is 24.5 Å². The van der Waals surface area contributed by atoms with E-state index in [0.29, 0.717) is 5.69 Å². The number of carbonyl (C=O) groups excluding carboxylic acids is 1. The minimum absolute atomic E-state index is 0.196. The van der Waals surface area contributed by atoms with E-state index in [-0.39, 0.29) is 18.2 Å². The molecule has 24 heavy (non-hydrogen) atoms. The number of amides is 1. The van der Waals surface area contributed by atoms with E-state index >= 15 is 0 Å². The van der Waals surface area contributed by atoms with Gasteiger partial charge in [-0.25, -0.2) is 0 Å².